The monoisotopic (exact) mass is 433 g/mol. The Kier molecular flexibility index (Phi) is 5.96. The van der Waals surface area contributed by atoms with Crippen molar-refractivity contribution in [2.45, 2.75) is 50.8 Å². The lowest BCUT2D eigenvalue weighted by Crippen LogP contribution is -2.23. The average molecular weight is 434 g/mol. The molecule has 6 nitrogen and oxygen atoms in total. The van der Waals surface area contributed by atoms with E-state index < -0.39 is 0 Å². The van der Waals surface area contributed by atoms with Gasteiger partial charge in [0.1, 0.15) is 0 Å². The molecule has 0 fully saturated rings. The molecule has 1 atom stereocenters. The second kappa shape index (κ2) is 8.67. The van der Waals surface area contributed by atoms with E-state index in [-0.39, 0.29) is 11.7 Å². The zero-order valence-electron chi connectivity index (χ0n) is 18.6. The third kappa shape index (κ3) is 4.42. The zero-order chi connectivity index (χ0) is 22.1. The van der Waals surface area contributed by atoms with Gasteiger partial charge in [-0.2, -0.15) is 9.36 Å². The number of aliphatic imine (C=N–C) groups is 1. The maximum atomic E-state index is 12.4. The van der Waals surface area contributed by atoms with E-state index in [2.05, 4.69) is 68.5 Å². The lowest BCUT2D eigenvalue weighted by molar-refractivity contribution is 0.692. The van der Waals surface area contributed by atoms with E-state index in [9.17, 15) is 4.79 Å². The average Bonchev–Trinajstić information content (AvgIpc) is 3.22. The molecule has 1 aromatic heterocycles. The Labute approximate surface area is 186 Å². The minimum absolute atomic E-state index is 0.244. The highest BCUT2D eigenvalue weighted by atomic mass is 32.2. The third-order valence-corrected chi connectivity index (χ3v) is 6.97. The number of tetrazole rings is 1. The molecule has 2 heterocycles. The van der Waals surface area contributed by atoms with Crippen molar-refractivity contribution in [3.8, 4) is 5.69 Å². The molecule has 0 spiro atoms. The van der Waals surface area contributed by atoms with Gasteiger partial charge in [-0.25, -0.2) is 4.79 Å². The summed E-state index contributed by atoms with van der Waals surface area (Å²) in [5.41, 5.74) is 7.76. The van der Waals surface area contributed by atoms with Crippen LogP contribution in [0.5, 0.6) is 0 Å². The van der Waals surface area contributed by atoms with Gasteiger partial charge in [0.2, 0.25) is 0 Å². The molecular formula is C24H27N5OS. The highest BCUT2D eigenvalue weighted by molar-refractivity contribution is 7.98. The molecule has 0 aliphatic carbocycles. The molecule has 31 heavy (non-hydrogen) atoms. The first-order chi connectivity index (χ1) is 14.8. The van der Waals surface area contributed by atoms with Crippen LogP contribution in [0.4, 0.5) is 0 Å². The van der Waals surface area contributed by atoms with Crippen molar-refractivity contribution in [3.05, 3.63) is 80.8 Å². The van der Waals surface area contributed by atoms with Crippen LogP contribution in [-0.2, 0) is 19.2 Å². The summed E-state index contributed by atoms with van der Waals surface area (Å²) in [4.78, 5) is 18.3. The molecule has 160 valence electrons. The summed E-state index contributed by atoms with van der Waals surface area (Å²) < 4.78 is 2.62. The quantitative estimate of drug-likeness (QED) is 0.546. The Morgan fingerprint density at radius 3 is 2.48 bits per heavy atom. The van der Waals surface area contributed by atoms with Crippen molar-refractivity contribution in [3.63, 3.8) is 0 Å². The summed E-state index contributed by atoms with van der Waals surface area (Å²) in [5, 5.41) is 7.88. The SMILES string of the molecule is CC1=C[C@H](Cc2ccc(SCc3c(C)cccc3-n3nnn(C)c3=O)c(C)c2)N=C1C. The van der Waals surface area contributed by atoms with Crippen LogP contribution < -0.4 is 5.69 Å². The first kappa shape index (κ1) is 21.3. The second-order valence-electron chi connectivity index (χ2n) is 8.09. The first-order valence-electron chi connectivity index (χ1n) is 10.4. The molecule has 1 aliphatic heterocycles. The number of hydrogen-bond donors (Lipinski definition) is 0. The second-order valence-corrected chi connectivity index (χ2v) is 9.11. The van der Waals surface area contributed by atoms with Crippen LogP contribution in [-0.4, -0.2) is 31.5 Å². The van der Waals surface area contributed by atoms with Gasteiger partial charge in [-0.05, 0) is 84.5 Å². The van der Waals surface area contributed by atoms with Gasteiger partial charge in [0, 0.05) is 23.4 Å². The molecule has 4 rings (SSSR count). The van der Waals surface area contributed by atoms with Crippen molar-refractivity contribution < 1.29 is 0 Å². The summed E-state index contributed by atoms with van der Waals surface area (Å²) in [6.45, 7) is 8.42. The third-order valence-electron chi connectivity index (χ3n) is 5.76. The lowest BCUT2D eigenvalue weighted by atomic mass is 10.0. The highest BCUT2D eigenvalue weighted by Crippen LogP contribution is 2.30. The van der Waals surface area contributed by atoms with Gasteiger partial charge in [-0.15, -0.1) is 11.8 Å². The largest absolute Gasteiger partial charge is 0.368 e. The normalized spacial score (nSPS) is 15.8. The number of thioether (sulfide) groups is 1. The summed E-state index contributed by atoms with van der Waals surface area (Å²) in [7, 11) is 1.61. The van der Waals surface area contributed by atoms with E-state index in [1.807, 2.05) is 12.1 Å². The molecule has 0 N–H and O–H groups in total. The van der Waals surface area contributed by atoms with Gasteiger partial charge >= 0.3 is 5.69 Å². The van der Waals surface area contributed by atoms with Gasteiger partial charge in [0.15, 0.2) is 0 Å². The molecule has 0 saturated carbocycles. The van der Waals surface area contributed by atoms with Crippen molar-refractivity contribution >= 4 is 17.5 Å². The first-order valence-corrected chi connectivity index (χ1v) is 11.4. The molecule has 7 heteroatoms. The highest BCUT2D eigenvalue weighted by Gasteiger charge is 2.16. The molecule has 0 bridgehead atoms. The van der Waals surface area contributed by atoms with Crippen molar-refractivity contribution in [2.75, 3.05) is 0 Å². The topological polar surface area (TPSA) is 65.1 Å². The predicted octanol–water partition coefficient (Wildman–Crippen LogP) is 4.21. The fraction of sp³-hybridized carbons (Fsp3) is 0.333. The van der Waals surface area contributed by atoms with E-state index in [0.717, 1.165) is 34.7 Å². The lowest BCUT2D eigenvalue weighted by Gasteiger charge is -2.13. The number of nitrogens with zero attached hydrogens (tertiary/aromatic N) is 5. The Morgan fingerprint density at radius 2 is 1.84 bits per heavy atom. The van der Waals surface area contributed by atoms with E-state index in [1.54, 1.807) is 18.8 Å². The minimum atomic E-state index is -0.244. The van der Waals surface area contributed by atoms with Crippen LogP contribution >= 0.6 is 11.8 Å². The summed E-state index contributed by atoms with van der Waals surface area (Å²) >= 11 is 1.78. The van der Waals surface area contributed by atoms with Gasteiger partial charge < -0.3 is 0 Å². The van der Waals surface area contributed by atoms with Gasteiger partial charge in [0.05, 0.1) is 11.7 Å². The number of benzene rings is 2. The molecule has 2 aromatic carbocycles. The van der Waals surface area contributed by atoms with E-state index in [1.165, 1.54) is 31.0 Å². The molecule has 0 unspecified atom stereocenters. The van der Waals surface area contributed by atoms with Crippen molar-refractivity contribution in [1.82, 2.24) is 19.8 Å². The van der Waals surface area contributed by atoms with E-state index in [0.29, 0.717) is 0 Å². The van der Waals surface area contributed by atoms with Gasteiger partial charge in [0.25, 0.3) is 0 Å². The maximum absolute atomic E-state index is 12.4. The Morgan fingerprint density at radius 1 is 1.03 bits per heavy atom. The van der Waals surface area contributed by atoms with Crippen LogP contribution in [0.25, 0.3) is 5.69 Å². The van der Waals surface area contributed by atoms with Gasteiger partial charge in [-0.3, -0.25) is 4.99 Å². The molecule has 0 saturated heterocycles. The Bertz CT molecular complexity index is 1230. The Balaban J connectivity index is 1.53. The number of allylic oxidation sites excluding steroid dienone is 1. The van der Waals surface area contributed by atoms with Crippen LogP contribution in [0.2, 0.25) is 0 Å². The van der Waals surface area contributed by atoms with Crippen LogP contribution in [0.1, 0.15) is 36.1 Å². The fourth-order valence-corrected chi connectivity index (χ4v) is 4.96. The van der Waals surface area contributed by atoms with Crippen molar-refractivity contribution in [2.24, 2.45) is 12.0 Å². The van der Waals surface area contributed by atoms with Crippen LogP contribution in [0, 0.1) is 13.8 Å². The van der Waals surface area contributed by atoms with Crippen LogP contribution in [0.15, 0.2) is 62.7 Å². The standard InChI is InChI=1S/C24H27N5OS/c1-15-7-6-8-22(29-24(30)28(5)26-27-29)21(15)14-31-23-10-9-19(11-17(23)3)13-20-12-16(2)18(4)25-20/h6-12,20H,13-14H2,1-5H3/t20-/m1/s1. The molecule has 1 aliphatic rings. The Hall–Kier alpha value is -2.93. The van der Waals surface area contributed by atoms with Crippen LogP contribution in [0.3, 0.4) is 0 Å². The summed E-state index contributed by atoms with van der Waals surface area (Å²) in [6, 6.07) is 12.9. The number of aryl methyl sites for hydroxylation is 3. The predicted molar refractivity (Wildman–Crippen MR) is 126 cm³/mol. The summed E-state index contributed by atoms with van der Waals surface area (Å²) in [6.07, 6.45) is 3.18. The molecule has 0 radical (unpaired) electrons. The number of rotatable bonds is 6. The fourth-order valence-electron chi connectivity index (χ4n) is 3.83. The maximum Gasteiger partial charge on any atom is 0.368 e. The van der Waals surface area contributed by atoms with E-state index >= 15 is 0 Å². The van der Waals surface area contributed by atoms with E-state index in [4.69, 9.17) is 4.99 Å². The van der Waals surface area contributed by atoms with Gasteiger partial charge in [-0.1, -0.05) is 30.3 Å². The zero-order valence-corrected chi connectivity index (χ0v) is 19.4. The number of aromatic nitrogens is 4. The van der Waals surface area contributed by atoms with Crippen molar-refractivity contribution in [1.29, 1.82) is 0 Å². The summed E-state index contributed by atoms with van der Waals surface area (Å²) in [5.74, 6) is 0.749. The smallest absolute Gasteiger partial charge is 0.282 e. The number of hydrogen-bond acceptors (Lipinski definition) is 5. The minimum Gasteiger partial charge on any atom is -0.282 e. The molecule has 0 amide bonds. The molecular weight excluding hydrogens is 406 g/mol. The molecule has 3 aromatic rings.